The Bertz CT molecular complexity index is 1190. The summed E-state index contributed by atoms with van der Waals surface area (Å²) in [6.07, 6.45) is 7.66. The first-order valence-electron chi connectivity index (χ1n) is 9.82. The number of aromatic nitrogens is 5. The second-order valence-corrected chi connectivity index (χ2v) is 8.41. The Balaban J connectivity index is 1.40. The lowest BCUT2D eigenvalue weighted by atomic mass is 9.94. The van der Waals surface area contributed by atoms with Gasteiger partial charge in [-0.05, 0) is 38.4 Å². The fourth-order valence-corrected chi connectivity index (χ4v) is 4.89. The van der Waals surface area contributed by atoms with E-state index in [-0.39, 0.29) is 11.5 Å². The largest absolute Gasteiger partial charge is 0.306 e. The molecule has 1 aliphatic heterocycles. The van der Waals surface area contributed by atoms with Gasteiger partial charge in [0.15, 0.2) is 4.96 Å². The smallest absolute Gasteiger partial charge is 0.251 e. The van der Waals surface area contributed by atoms with Gasteiger partial charge in [0.25, 0.3) is 5.56 Å². The lowest BCUT2D eigenvalue weighted by Gasteiger charge is -2.32. The van der Waals surface area contributed by atoms with Crippen molar-refractivity contribution in [2.24, 2.45) is 0 Å². The Morgan fingerprint density at radius 1 is 1.34 bits per heavy atom. The molecule has 0 bridgehead atoms. The van der Waals surface area contributed by atoms with E-state index in [0.29, 0.717) is 5.82 Å². The lowest BCUT2D eigenvalue weighted by Crippen LogP contribution is -2.35. The first-order chi connectivity index (χ1) is 14.2. The average molecular weight is 407 g/mol. The Kier molecular flexibility index (Phi) is 4.73. The van der Waals surface area contributed by atoms with Crippen LogP contribution in [0.1, 0.15) is 35.8 Å². The first kappa shape index (κ1) is 18.2. The molecule has 4 aromatic heterocycles. The van der Waals surface area contributed by atoms with E-state index >= 15 is 0 Å². The van der Waals surface area contributed by atoms with Crippen molar-refractivity contribution in [2.75, 3.05) is 13.1 Å². The summed E-state index contributed by atoms with van der Waals surface area (Å²) in [5, 5.41) is 2.07. The quantitative estimate of drug-likeness (QED) is 0.563. The van der Waals surface area contributed by atoms with Gasteiger partial charge in [-0.15, -0.1) is 11.3 Å². The van der Waals surface area contributed by atoms with E-state index in [1.54, 1.807) is 29.8 Å². The molecule has 5 rings (SSSR count). The van der Waals surface area contributed by atoms with Crippen LogP contribution in [0.25, 0.3) is 16.3 Å². The summed E-state index contributed by atoms with van der Waals surface area (Å²) in [5.74, 6) is 0.831. The zero-order valence-corrected chi connectivity index (χ0v) is 17.0. The number of fused-ring (bicyclic) bond motifs is 1. The molecule has 0 aliphatic carbocycles. The molecule has 1 unspecified atom stereocenters. The highest BCUT2D eigenvalue weighted by atomic mass is 32.1. The van der Waals surface area contributed by atoms with Crippen LogP contribution in [0.4, 0.5) is 0 Å². The van der Waals surface area contributed by atoms with E-state index in [1.165, 1.54) is 5.69 Å². The summed E-state index contributed by atoms with van der Waals surface area (Å²) in [5.41, 5.74) is 3.92. The van der Waals surface area contributed by atoms with Gasteiger partial charge in [0.1, 0.15) is 5.82 Å². The predicted molar refractivity (Wildman–Crippen MR) is 113 cm³/mol. The zero-order chi connectivity index (χ0) is 19.8. The minimum absolute atomic E-state index is 0.113. The molecule has 0 amide bonds. The van der Waals surface area contributed by atoms with Crippen LogP contribution in [-0.4, -0.2) is 42.3 Å². The van der Waals surface area contributed by atoms with Crippen molar-refractivity contribution < 1.29 is 0 Å². The van der Waals surface area contributed by atoms with E-state index in [1.807, 2.05) is 12.1 Å². The van der Waals surface area contributed by atoms with Crippen molar-refractivity contribution in [2.45, 2.75) is 32.2 Å². The Hall–Kier alpha value is -2.84. The molecule has 0 radical (unpaired) electrons. The van der Waals surface area contributed by atoms with E-state index < -0.39 is 0 Å². The van der Waals surface area contributed by atoms with Gasteiger partial charge in [0.05, 0.1) is 17.1 Å². The fraction of sp³-hybridized carbons (Fsp3) is 0.333. The highest BCUT2D eigenvalue weighted by Gasteiger charge is 2.25. The minimum Gasteiger partial charge on any atom is -0.306 e. The standard InChI is InChI=1S/C21H22N6OS/c1-14-18(27-8-9-29-21(27)23-14)13-26-7-3-5-16(12-26)17-10-19(28)25-20(24-17)15-4-2-6-22-11-15/h2,4,6,8-11,16H,3,5,7,12-13H2,1H3,(H,24,25,28). The second-order valence-electron chi connectivity index (χ2n) is 7.53. The number of piperidine rings is 1. The normalized spacial score (nSPS) is 17.8. The van der Waals surface area contributed by atoms with Crippen LogP contribution in [0.5, 0.6) is 0 Å². The number of imidazole rings is 1. The summed E-state index contributed by atoms with van der Waals surface area (Å²) in [6.45, 7) is 4.87. The number of pyridine rings is 1. The predicted octanol–water partition coefficient (Wildman–Crippen LogP) is 3.23. The first-order valence-corrected chi connectivity index (χ1v) is 10.7. The summed E-state index contributed by atoms with van der Waals surface area (Å²) >= 11 is 1.66. The van der Waals surface area contributed by atoms with Crippen LogP contribution >= 0.6 is 11.3 Å². The van der Waals surface area contributed by atoms with E-state index in [0.717, 1.165) is 54.4 Å². The Morgan fingerprint density at radius 2 is 2.28 bits per heavy atom. The summed E-state index contributed by atoms with van der Waals surface area (Å²) in [6, 6.07) is 5.41. The molecule has 1 fully saturated rings. The molecule has 1 aliphatic rings. The summed E-state index contributed by atoms with van der Waals surface area (Å²) in [4.78, 5) is 32.2. The summed E-state index contributed by atoms with van der Waals surface area (Å²) in [7, 11) is 0. The Labute approximate surface area is 172 Å². The monoisotopic (exact) mass is 406 g/mol. The van der Waals surface area contributed by atoms with Gasteiger partial charge in [-0.2, -0.15) is 0 Å². The lowest BCUT2D eigenvalue weighted by molar-refractivity contribution is 0.195. The molecular formula is C21H22N6OS. The van der Waals surface area contributed by atoms with E-state index in [2.05, 4.69) is 42.8 Å². The molecule has 0 spiro atoms. The highest BCUT2D eigenvalue weighted by Crippen LogP contribution is 2.28. The minimum atomic E-state index is -0.113. The third kappa shape index (κ3) is 3.61. The van der Waals surface area contributed by atoms with Gasteiger partial charge in [-0.25, -0.2) is 9.97 Å². The molecule has 1 N–H and O–H groups in total. The maximum absolute atomic E-state index is 12.3. The Morgan fingerprint density at radius 3 is 3.14 bits per heavy atom. The van der Waals surface area contributed by atoms with Crippen molar-refractivity contribution in [3.63, 3.8) is 0 Å². The molecule has 0 saturated carbocycles. The number of likely N-dealkylation sites (tertiary alicyclic amines) is 1. The molecule has 5 heterocycles. The van der Waals surface area contributed by atoms with Crippen molar-refractivity contribution >= 4 is 16.3 Å². The SMILES string of the molecule is Cc1nc2sccn2c1CN1CCCC(c2cc(=O)[nH]c(-c3cccnc3)n2)C1. The molecule has 29 heavy (non-hydrogen) atoms. The van der Waals surface area contributed by atoms with Gasteiger partial charge < -0.3 is 4.98 Å². The van der Waals surface area contributed by atoms with Crippen molar-refractivity contribution in [3.8, 4) is 11.4 Å². The summed E-state index contributed by atoms with van der Waals surface area (Å²) < 4.78 is 2.19. The third-order valence-corrected chi connectivity index (χ3v) is 6.31. The van der Waals surface area contributed by atoms with Gasteiger partial charge >= 0.3 is 0 Å². The van der Waals surface area contributed by atoms with Gasteiger partial charge in [0, 0.05) is 54.6 Å². The third-order valence-electron chi connectivity index (χ3n) is 5.55. The van der Waals surface area contributed by atoms with Crippen LogP contribution in [-0.2, 0) is 6.54 Å². The molecular weight excluding hydrogens is 384 g/mol. The maximum atomic E-state index is 12.3. The van der Waals surface area contributed by atoms with Crippen LogP contribution in [0, 0.1) is 6.92 Å². The molecule has 4 aromatic rings. The number of thiazole rings is 1. The van der Waals surface area contributed by atoms with E-state index in [9.17, 15) is 4.79 Å². The van der Waals surface area contributed by atoms with Crippen LogP contribution in [0.3, 0.4) is 0 Å². The van der Waals surface area contributed by atoms with Crippen molar-refractivity contribution in [3.05, 3.63) is 69.6 Å². The fourth-order valence-electron chi connectivity index (χ4n) is 4.11. The molecule has 1 saturated heterocycles. The molecule has 148 valence electrons. The van der Waals surface area contributed by atoms with Crippen molar-refractivity contribution in [1.82, 2.24) is 29.2 Å². The van der Waals surface area contributed by atoms with Crippen LogP contribution in [0.15, 0.2) is 47.0 Å². The number of hydrogen-bond donors (Lipinski definition) is 1. The van der Waals surface area contributed by atoms with Gasteiger partial charge in [0.2, 0.25) is 0 Å². The number of hydrogen-bond acceptors (Lipinski definition) is 6. The number of H-pyrrole nitrogens is 1. The number of aromatic amines is 1. The average Bonchev–Trinajstić information content (AvgIpc) is 3.31. The highest BCUT2D eigenvalue weighted by molar-refractivity contribution is 7.15. The molecule has 8 heteroatoms. The number of nitrogens with zero attached hydrogens (tertiary/aromatic N) is 5. The van der Waals surface area contributed by atoms with E-state index in [4.69, 9.17) is 4.98 Å². The topological polar surface area (TPSA) is 79.2 Å². The number of rotatable bonds is 4. The molecule has 1 atom stereocenters. The number of nitrogens with one attached hydrogen (secondary N) is 1. The maximum Gasteiger partial charge on any atom is 0.251 e. The van der Waals surface area contributed by atoms with Gasteiger partial charge in [-0.3, -0.25) is 19.1 Å². The van der Waals surface area contributed by atoms with Crippen LogP contribution < -0.4 is 5.56 Å². The molecule has 0 aromatic carbocycles. The van der Waals surface area contributed by atoms with Crippen molar-refractivity contribution in [1.29, 1.82) is 0 Å². The number of aryl methyl sites for hydroxylation is 1. The zero-order valence-electron chi connectivity index (χ0n) is 16.2. The second kappa shape index (κ2) is 7.53. The van der Waals surface area contributed by atoms with Gasteiger partial charge in [-0.1, -0.05) is 0 Å². The van der Waals surface area contributed by atoms with Crippen LogP contribution in [0.2, 0.25) is 0 Å². The molecule has 7 nitrogen and oxygen atoms in total.